The lowest BCUT2D eigenvalue weighted by Gasteiger charge is -2.37. The third kappa shape index (κ3) is 6.25. The zero-order chi connectivity index (χ0) is 24.0. The molecule has 1 aliphatic rings. The second-order valence-electron chi connectivity index (χ2n) is 7.62. The third-order valence-electron chi connectivity index (χ3n) is 5.41. The molecule has 2 aromatic carbocycles. The van der Waals surface area contributed by atoms with Gasteiger partial charge in [0.1, 0.15) is 11.9 Å². The van der Waals surface area contributed by atoms with Crippen LogP contribution >= 0.6 is 0 Å². The first-order valence-corrected chi connectivity index (χ1v) is 10.4. The number of hydrogen-bond donors (Lipinski definition) is 2. The van der Waals surface area contributed by atoms with Gasteiger partial charge in [-0.1, -0.05) is 0 Å². The van der Waals surface area contributed by atoms with Crippen molar-refractivity contribution in [2.75, 3.05) is 31.1 Å². The molecule has 2 aromatic rings. The molecule has 11 heteroatoms. The van der Waals surface area contributed by atoms with Gasteiger partial charge in [0.15, 0.2) is 0 Å². The molecule has 33 heavy (non-hydrogen) atoms. The predicted molar refractivity (Wildman–Crippen MR) is 118 cm³/mol. The number of carbonyl (C=O) groups excluding carboxylic acids is 3. The fraction of sp³-hybridized carbons (Fsp3) is 0.318. The number of anilines is 1. The number of hydrogen-bond acceptors (Lipinski definition) is 6. The molecule has 0 saturated carbocycles. The molecule has 1 saturated heterocycles. The zero-order valence-electron chi connectivity index (χ0n) is 17.8. The van der Waals surface area contributed by atoms with E-state index in [2.05, 4.69) is 5.32 Å². The molecule has 0 unspecified atom stereocenters. The van der Waals surface area contributed by atoms with Crippen LogP contribution in [0.5, 0.6) is 0 Å². The molecule has 10 nitrogen and oxygen atoms in total. The van der Waals surface area contributed by atoms with E-state index < -0.39 is 28.6 Å². The largest absolute Gasteiger partial charge is 0.370 e. The van der Waals surface area contributed by atoms with Gasteiger partial charge in [-0.15, -0.1) is 0 Å². The van der Waals surface area contributed by atoms with Crippen molar-refractivity contribution in [3.8, 4) is 0 Å². The quantitative estimate of drug-likeness (QED) is 0.454. The van der Waals surface area contributed by atoms with E-state index in [1.165, 1.54) is 24.3 Å². The van der Waals surface area contributed by atoms with Crippen molar-refractivity contribution in [2.45, 2.75) is 18.9 Å². The molecule has 1 aliphatic heterocycles. The summed E-state index contributed by atoms with van der Waals surface area (Å²) < 4.78 is 13.1. The minimum Gasteiger partial charge on any atom is -0.370 e. The van der Waals surface area contributed by atoms with Crippen LogP contribution in [0.1, 0.15) is 23.2 Å². The van der Waals surface area contributed by atoms with Gasteiger partial charge in [-0.2, -0.15) is 0 Å². The smallest absolute Gasteiger partial charge is 0.269 e. The van der Waals surface area contributed by atoms with E-state index in [-0.39, 0.29) is 30.0 Å². The van der Waals surface area contributed by atoms with Crippen molar-refractivity contribution in [2.24, 2.45) is 5.73 Å². The molecule has 0 aromatic heterocycles. The lowest BCUT2D eigenvalue weighted by molar-refractivity contribution is -0.384. The molecule has 1 atom stereocenters. The molecule has 174 valence electrons. The van der Waals surface area contributed by atoms with E-state index in [9.17, 15) is 28.9 Å². The van der Waals surface area contributed by atoms with Crippen LogP contribution in [-0.2, 0) is 9.59 Å². The fourth-order valence-electron chi connectivity index (χ4n) is 3.58. The van der Waals surface area contributed by atoms with Crippen molar-refractivity contribution in [3.05, 3.63) is 70.0 Å². The van der Waals surface area contributed by atoms with Gasteiger partial charge in [-0.25, -0.2) is 4.39 Å². The summed E-state index contributed by atoms with van der Waals surface area (Å²) in [5.41, 5.74) is 6.22. The summed E-state index contributed by atoms with van der Waals surface area (Å²) in [6.45, 7) is 1.74. The van der Waals surface area contributed by atoms with Crippen LogP contribution < -0.4 is 16.0 Å². The zero-order valence-corrected chi connectivity index (χ0v) is 17.8. The lowest BCUT2D eigenvalue weighted by Crippen LogP contribution is -2.55. The van der Waals surface area contributed by atoms with Gasteiger partial charge < -0.3 is 20.9 Å². The average Bonchev–Trinajstić information content (AvgIpc) is 2.81. The van der Waals surface area contributed by atoms with Crippen LogP contribution in [-0.4, -0.2) is 59.8 Å². The molecule has 3 N–H and O–H groups in total. The third-order valence-corrected chi connectivity index (χ3v) is 5.41. The standard InChI is InChI=1S/C22H24FN5O5/c23-16-3-1-15(2-4-16)21(30)25-19(9-10-20(24)29)22(31)27-13-11-26(12-14-27)17-5-7-18(8-6-17)28(32)33/h1-8,19H,9-14H2,(H2,24,29)(H,25,30)/t19-/m1/s1. The lowest BCUT2D eigenvalue weighted by atomic mass is 10.1. The molecular formula is C22H24FN5O5. The summed E-state index contributed by atoms with van der Waals surface area (Å²) >= 11 is 0. The van der Waals surface area contributed by atoms with Crippen LogP contribution in [0.3, 0.4) is 0 Å². The highest BCUT2D eigenvalue weighted by Gasteiger charge is 2.29. The topological polar surface area (TPSA) is 139 Å². The summed E-state index contributed by atoms with van der Waals surface area (Å²) in [5.74, 6) is -1.97. The van der Waals surface area contributed by atoms with Gasteiger partial charge in [0, 0.05) is 56.0 Å². The average molecular weight is 457 g/mol. The number of non-ortho nitro benzene ring substituents is 1. The number of amides is 3. The van der Waals surface area contributed by atoms with Gasteiger partial charge in [0.25, 0.3) is 11.6 Å². The number of benzene rings is 2. The van der Waals surface area contributed by atoms with Crippen molar-refractivity contribution in [3.63, 3.8) is 0 Å². The SMILES string of the molecule is NC(=O)CC[C@@H](NC(=O)c1ccc(F)cc1)C(=O)N1CCN(c2ccc([N+](=O)[O-])cc2)CC1. The van der Waals surface area contributed by atoms with Crippen LogP contribution in [0.2, 0.25) is 0 Å². The van der Waals surface area contributed by atoms with Crippen molar-refractivity contribution >= 4 is 29.1 Å². The second kappa shape index (κ2) is 10.5. The number of nitrogens with one attached hydrogen (secondary N) is 1. The van der Waals surface area contributed by atoms with E-state index >= 15 is 0 Å². The maximum atomic E-state index is 13.1. The second-order valence-corrected chi connectivity index (χ2v) is 7.62. The first-order chi connectivity index (χ1) is 15.7. The van der Waals surface area contributed by atoms with E-state index in [1.54, 1.807) is 17.0 Å². The summed E-state index contributed by atoms with van der Waals surface area (Å²) in [5, 5.41) is 13.4. The monoisotopic (exact) mass is 457 g/mol. The molecule has 1 heterocycles. The highest BCUT2D eigenvalue weighted by Crippen LogP contribution is 2.21. The predicted octanol–water partition coefficient (Wildman–Crippen LogP) is 1.45. The fourth-order valence-corrected chi connectivity index (χ4v) is 3.58. The van der Waals surface area contributed by atoms with Crippen molar-refractivity contribution < 1.29 is 23.7 Å². The van der Waals surface area contributed by atoms with Crippen molar-refractivity contribution in [1.82, 2.24) is 10.2 Å². The Balaban J connectivity index is 1.63. The highest BCUT2D eigenvalue weighted by molar-refractivity contribution is 5.97. The number of halogens is 1. The minimum absolute atomic E-state index is 0.00162. The summed E-state index contributed by atoms with van der Waals surface area (Å²) in [4.78, 5) is 50.8. The van der Waals surface area contributed by atoms with Gasteiger partial charge in [0.2, 0.25) is 11.8 Å². The normalized spacial score (nSPS) is 14.5. The first kappa shape index (κ1) is 23.6. The van der Waals surface area contributed by atoms with Crippen LogP contribution in [0.15, 0.2) is 48.5 Å². The minimum atomic E-state index is -0.957. The van der Waals surface area contributed by atoms with Crippen LogP contribution in [0.25, 0.3) is 0 Å². The molecule has 0 aliphatic carbocycles. The number of nitrogens with two attached hydrogens (primary N) is 1. The Kier molecular flexibility index (Phi) is 7.54. The number of piperazine rings is 1. The molecule has 0 spiro atoms. The number of carbonyl (C=O) groups is 3. The number of primary amides is 1. The number of nitro groups is 1. The Morgan fingerprint density at radius 1 is 1.03 bits per heavy atom. The van der Waals surface area contributed by atoms with E-state index in [4.69, 9.17) is 5.73 Å². The number of nitro benzene ring substituents is 1. The molecule has 3 rings (SSSR count). The van der Waals surface area contributed by atoms with E-state index in [0.29, 0.717) is 26.2 Å². The molecule has 3 amide bonds. The van der Waals surface area contributed by atoms with Crippen LogP contribution in [0.4, 0.5) is 15.8 Å². The van der Waals surface area contributed by atoms with Gasteiger partial charge in [-0.3, -0.25) is 24.5 Å². The van der Waals surface area contributed by atoms with E-state index in [0.717, 1.165) is 17.8 Å². The van der Waals surface area contributed by atoms with Gasteiger partial charge >= 0.3 is 0 Å². The van der Waals surface area contributed by atoms with Crippen LogP contribution in [0, 0.1) is 15.9 Å². The summed E-state index contributed by atoms with van der Waals surface area (Å²) in [6, 6.07) is 10.1. The van der Waals surface area contributed by atoms with Crippen molar-refractivity contribution in [1.29, 1.82) is 0 Å². The molecule has 0 bridgehead atoms. The number of rotatable bonds is 8. The Morgan fingerprint density at radius 3 is 2.18 bits per heavy atom. The maximum absolute atomic E-state index is 13.1. The highest BCUT2D eigenvalue weighted by atomic mass is 19.1. The van der Waals surface area contributed by atoms with E-state index in [1.807, 2.05) is 4.90 Å². The Labute approximate surface area is 189 Å². The molecule has 1 fully saturated rings. The Morgan fingerprint density at radius 2 is 1.64 bits per heavy atom. The number of nitrogens with zero attached hydrogens (tertiary/aromatic N) is 3. The van der Waals surface area contributed by atoms with Gasteiger partial charge in [0.05, 0.1) is 4.92 Å². The summed E-state index contributed by atoms with van der Waals surface area (Å²) in [7, 11) is 0. The Bertz CT molecular complexity index is 1020. The first-order valence-electron chi connectivity index (χ1n) is 10.4. The molecule has 0 radical (unpaired) electrons. The Hall–Kier alpha value is -4.02. The summed E-state index contributed by atoms with van der Waals surface area (Å²) in [6.07, 6.45) is -0.0352. The maximum Gasteiger partial charge on any atom is 0.269 e. The van der Waals surface area contributed by atoms with Gasteiger partial charge in [-0.05, 0) is 42.8 Å². The molecular weight excluding hydrogens is 433 g/mol.